The van der Waals surface area contributed by atoms with Gasteiger partial charge in [-0.1, -0.05) is 30.0 Å². The van der Waals surface area contributed by atoms with Crippen molar-refractivity contribution in [1.82, 2.24) is 9.97 Å². The largest absolute Gasteiger partial charge is 0.419 e. The molecule has 4 rings (SSSR count). The highest BCUT2D eigenvalue weighted by Gasteiger charge is 2.41. The zero-order valence-electron chi connectivity index (χ0n) is 16.9. The average Bonchev–Trinajstić information content (AvgIpc) is 2.97. The number of hydrogen-bond acceptors (Lipinski definition) is 6. The fourth-order valence-electron chi connectivity index (χ4n) is 3.66. The van der Waals surface area contributed by atoms with Gasteiger partial charge in [0.25, 0.3) is 0 Å². The average molecular weight is 449 g/mol. The highest BCUT2D eigenvalue weighted by molar-refractivity contribution is 8.00. The molecule has 1 aliphatic heterocycles. The van der Waals surface area contributed by atoms with Crippen LogP contribution in [0.5, 0.6) is 0 Å². The quantitative estimate of drug-likeness (QED) is 0.358. The Morgan fingerprint density at radius 2 is 1.74 bits per heavy atom. The maximum Gasteiger partial charge on any atom is 0.419 e. The predicted molar refractivity (Wildman–Crippen MR) is 113 cm³/mol. The van der Waals surface area contributed by atoms with Crippen molar-refractivity contribution in [2.75, 3.05) is 10.6 Å². The second-order valence-corrected chi connectivity index (χ2v) is 8.58. The molecule has 0 amide bonds. The van der Waals surface area contributed by atoms with E-state index in [-0.39, 0.29) is 5.69 Å². The van der Waals surface area contributed by atoms with Crippen molar-refractivity contribution in [2.24, 2.45) is 5.73 Å². The molecule has 2 heterocycles. The normalized spacial score (nSPS) is 17.9. The zero-order valence-corrected chi connectivity index (χ0v) is 17.7. The number of nitrogens with zero attached hydrogens (tertiary/aromatic N) is 2. The number of thioether (sulfide) groups is 1. The summed E-state index contributed by atoms with van der Waals surface area (Å²) in [6, 6.07) is 8.50. The summed E-state index contributed by atoms with van der Waals surface area (Å²) in [7, 11) is 0. The Bertz CT molecular complexity index is 1160. The molecular formula is C21H19F4N5S. The zero-order chi connectivity index (χ0) is 22.6. The molecule has 1 aromatic heterocycles. The number of hydrogen-bond donors (Lipinski definition) is 3. The maximum atomic E-state index is 14.0. The first-order valence-electron chi connectivity index (χ1n) is 9.33. The summed E-state index contributed by atoms with van der Waals surface area (Å²) in [6.45, 7) is 5.61. The molecule has 1 atom stereocenters. The molecular weight excluding hydrogens is 430 g/mol. The first-order chi connectivity index (χ1) is 14.5. The van der Waals surface area contributed by atoms with E-state index in [1.165, 1.54) is 11.8 Å². The summed E-state index contributed by atoms with van der Waals surface area (Å²) >= 11 is 1.32. The lowest BCUT2D eigenvalue weighted by Crippen LogP contribution is -2.39. The van der Waals surface area contributed by atoms with Crippen LogP contribution in [0.25, 0.3) is 0 Å². The number of alkyl halides is 3. The van der Waals surface area contributed by atoms with Crippen molar-refractivity contribution in [1.29, 1.82) is 0 Å². The predicted octanol–water partition coefficient (Wildman–Crippen LogP) is 5.59. The lowest BCUT2D eigenvalue weighted by Gasteiger charge is -2.28. The highest BCUT2D eigenvalue weighted by Crippen LogP contribution is 2.51. The number of fused-ring (bicyclic) bond motifs is 1. The second kappa shape index (κ2) is 7.38. The van der Waals surface area contributed by atoms with Gasteiger partial charge < -0.3 is 10.6 Å². The van der Waals surface area contributed by atoms with Crippen LogP contribution in [0.4, 0.5) is 34.8 Å². The fraction of sp³-hybridized carbons (Fsp3) is 0.238. The Kier molecular flexibility index (Phi) is 5.09. The molecule has 1 aliphatic rings. The Labute approximate surface area is 180 Å². The number of benzene rings is 2. The second-order valence-electron chi connectivity index (χ2n) is 7.35. The van der Waals surface area contributed by atoms with E-state index in [1.807, 2.05) is 32.0 Å². The van der Waals surface area contributed by atoms with E-state index in [4.69, 9.17) is 5.73 Å². The van der Waals surface area contributed by atoms with E-state index in [0.717, 1.165) is 28.8 Å². The van der Waals surface area contributed by atoms with Crippen LogP contribution in [0.3, 0.4) is 0 Å². The van der Waals surface area contributed by atoms with Crippen LogP contribution in [0.15, 0.2) is 41.4 Å². The number of aromatic nitrogens is 2. The monoisotopic (exact) mass is 449 g/mol. The van der Waals surface area contributed by atoms with E-state index in [9.17, 15) is 17.6 Å². The molecule has 0 aliphatic carbocycles. The third-order valence-corrected chi connectivity index (χ3v) is 6.06. The molecule has 0 saturated heterocycles. The van der Waals surface area contributed by atoms with Gasteiger partial charge in [0.2, 0.25) is 0 Å². The van der Waals surface area contributed by atoms with E-state index < -0.39 is 22.6 Å². The fourth-order valence-corrected chi connectivity index (χ4v) is 4.97. The van der Waals surface area contributed by atoms with Gasteiger partial charge in [0, 0.05) is 11.3 Å². The lowest BCUT2D eigenvalue weighted by molar-refractivity contribution is -0.139. The standard InChI is InChI=1S/C21H19F4N5S/c1-10-5-4-6-11(2)16(10)21(26)30-17-18(27-12(3)28-19(17)31-21)29-13-7-8-14(15(22)9-13)20(23,24)25/h4-9,30H,26H2,1-3H3,(H,27,28,29). The SMILES string of the molecule is Cc1nc(Nc2ccc(C(F)(F)F)c(F)c2)c2c(n1)SC(N)(c1c(C)cccc1C)N2. The molecule has 10 heteroatoms. The van der Waals surface area contributed by atoms with E-state index in [2.05, 4.69) is 20.6 Å². The molecule has 0 spiro atoms. The molecule has 5 nitrogen and oxygen atoms in total. The van der Waals surface area contributed by atoms with Crippen LogP contribution in [-0.2, 0) is 11.2 Å². The number of nitrogens with one attached hydrogen (secondary N) is 2. The van der Waals surface area contributed by atoms with Gasteiger partial charge in [0.1, 0.15) is 22.4 Å². The lowest BCUT2D eigenvalue weighted by atomic mass is 10.00. The Morgan fingerprint density at radius 3 is 2.35 bits per heavy atom. The molecule has 0 saturated carbocycles. The summed E-state index contributed by atoms with van der Waals surface area (Å²) in [6.07, 6.45) is -4.77. The topological polar surface area (TPSA) is 75.9 Å². The van der Waals surface area contributed by atoms with Crippen molar-refractivity contribution < 1.29 is 17.6 Å². The van der Waals surface area contributed by atoms with Crippen molar-refractivity contribution in [3.05, 3.63) is 70.3 Å². The van der Waals surface area contributed by atoms with Gasteiger partial charge in [-0.3, -0.25) is 5.73 Å². The Morgan fingerprint density at radius 1 is 1.06 bits per heavy atom. The molecule has 0 bridgehead atoms. The van der Waals surface area contributed by atoms with E-state index in [0.29, 0.717) is 28.4 Å². The van der Waals surface area contributed by atoms with Gasteiger partial charge in [-0.15, -0.1) is 0 Å². The third-order valence-electron chi connectivity index (χ3n) is 4.95. The molecule has 4 N–H and O–H groups in total. The summed E-state index contributed by atoms with van der Waals surface area (Å²) in [5.74, 6) is -0.632. The summed E-state index contributed by atoms with van der Waals surface area (Å²) < 4.78 is 52.5. The van der Waals surface area contributed by atoms with Gasteiger partial charge in [0.05, 0.1) is 5.56 Å². The van der Waals surface area contributed by atoms with Crippen molar-refractivity contribution in [2.45, 2.75) is 37.0 Å². The third kappa shape index (κ3) is 3.92. The molecule has 162 valence electrons. The van der Waals surface area contributed by atoms with Crippen LogP contribution >= 0.6 is 11.8 Å². The molecule has 3 aromatic rings. The van der Waals surface area contributed by atoms with Gasteiger partial charge in [-0.05, 0) is 50.1 Å². The summed E-state index contributed by atoms with van der Waals surface area (Å²) in [5.41, 5.74) is 8.91. The minimum atomic E-state index is -4.77. The van der Waals surface area contributed by atoms with Gasteiger partial charge in [-0.2, -0.15) is 13.2 Å². The van der Waals surface area contributed by atoms with Crippen molar-refractivity contribution in [3.8, 4) is 0 Å². The van der Waals surface area contributed by atoms with Crippen LogP contribution in [0.2, 0.25) is 0 Å². The van der Waals surface area contributed by atoms with Crippen LogP contribution < -0.4 is 16.4 Å². The molecule has 1 unspecified atom stereocenters. The number of anilines is 3. The Balaban J connectivity index is 1.71. The summed E-state index contributed by atoms with van der Waals surface area (Å²) in [4.78, 5) is 7.78. The maximum absolute atomic E-state index is 14.0. The van der Waals surface area contributed by atoms with Gasteiger partial charge >= 0.3 is 6.18 Å². The van der Waals surface area contributed by atoms with Crippen LogP contribution in [-0.4, -0.2) is 9.97 Å². The van der Waals surface area contributed by atoms with Crippen LogP contribution in [0, 0.1) is 26.6 Å². The number of nitrogens with two attached hydrogens (primary N) is 1. The summed E-state index contributed by atoms with van der Waals surface area (Å²) in [5, 5.41) is 6.74. The number of aryl methyl sites for hydroxylation is 3. The van der Waals surface area contributed by atoms with Gasteiger partial charge in [-0.25, -0.2) is 14.4 Å². The van der Waals surface area contributed by atoms with Crippen LogP contribution in [0.1, 0.15) is 28.1 Å². The van der Waals surface area contributed by atoms with Gasteiger partial charge in [0.15, 0.2) is 10.8 Å². The highest BCUT2D eigenvalue weighted by atomic mass is 32.2. The first-order valence-corrected chi connectivity index (χ1v) is 10.1. The Hall–Kier alpha value is -2.85. The minimum absolute atomic E-state index is 0.124. The van der Waals surface area contributed by atoms with E-state index in [1.54, 1.807) is 6.92 Å². The van der Waals surface area contributed by atoms with Crippen molar-refractivity contribution in [3.63, 3.8) is 0 Å². The smallest absolute Gasteiger partial charge is 0.350 e. The number of halogens is 4. The molecule has 2 aromatic carbocycles. The molecule has 0 radical (unpaired) electrons. The minimum Gasteiger partial charge on any atom is -0.350 e. The van der Waals surface area contributed by atoms with Crippen molar-refractivity contribution >= 4 is 29.0 Å². The number of rotatable bonds is 3. The van der Waals surface area contributed by atoms with E-state index >= 15 is 0 Å². The first kappa shape index (κ1) is 21.4. The molecule has 31 heavy (non-hydrogen) atoms. The molecule has 0 fully saturated rings.